The second-order valence-corrected chi connectivity index (χ2v) is 7.14. The first-order valence-electron chi connectivity index (χ1n) is 9.67. The molecule has 3 amide bonds. The molecule has 0 saturated carbocycles. The van der Waals surface area contributed by atoms with Crippen molar-refractivity contribution >= 4 is 12.1 Å². The number of carbonyl (C=O) groups is 2. The number of fused-ring (bicyclic) bond motifs is 2. The Hall–Kier alpha value is -3.14. The van der Waals surface area contributed by atoms with Gasteiger partial charge in [-0.3, -0.25) is 4.84 Å². The minimum atomic E-state index is -1.06. The van der Waals surface area contributed by atoms with Gasteiger partial charge in [0.25, 0.3) is 0 Å². The van der Waals surface area contributed by atoms with Crippen LogP contribution in [0.5, 0.6) is 0 Å². The summed E-state index contributed by atoms with van der Waals surface area (Å²) >= 11 is 0. The van der Waals surface area contributed by atoms with Crippen LogP contribution in [0.1, 0.15) is 42.6 Å². The van der Waals surface area contributed by atoms with Crippen molar-refractivity contribution in [2.45, 2.75) is 44.4 Å². The second kappa shape index (κ2) is 8.48. The summed E-state index contributed by atoms with van der Waals surface area (Å²) in [6.45, 7) is 1.23. The Balaban J connectivity index is 1.34. The Morgan fingerprint density at radius 2 is 2.10 bits per heavy atom. The summed E-state index contributed by atoms with van der Waals surface area (Å²) in [6, 6.07) is 9.31. The fourth-order valence-electron chi connectivity index (χ4n) is 3.71. The summed E-state index contributed by atoms with van der Waals surface area (Å²) in [7, 11) is 0. The van der Waals surface area contributed by atoms with Crippen LogP contribution in [0, 0.1) is 0 Å². The van der Waals surface area contributed by atoms with Crippen molar-refractivity contribution < 1.29 is 24.0 Å². The Labute approximate surface area is 167 Å². The molecule has 0 spiro atoms. The van der Waals surface area contributed by atoms with Crippen LogP contribution >= 0.6 is 0 Å². The van der Waals surface area contributed by atoms with Crippen LogP contribution in [-0.4, -0.2) is 56.5 Å². The van der Waals surface area contributed by atoms with Gasteiger partial charge in [0.05, 0.1) is 6.04 Å². The van der Waals surface area contributed by atoms with E-state index in [9.17, 15) is 9.59 Å². The zero-order valence-electron chi connectivity index (χ0n) is 15.9. The summed E-state index contributed by atoms with van der Waals surface area (Å²) in [5.74, 6) is 0.862. The highest BCUT2D eigenvalue weighted by molar-refractivity contribution is 5.77. The van der Waals surface area contributed by atoms with E-state index in [2.05, 4.69) is 15.5 Å². The molecule has 2 aromatic rings. The third-order valence-corrected chi connectivity index (χ3v) is 5.15. The molecule has 10 heteroatoms. The molecule has 2 aliphatic rings. The van der Waals surface area contributed by atoms with Crippen LogP contribution in [0.2, 0.25) is 0 Å². The second-order valence-electron chi connectivity index (χ2n) is 7.14. The average Bonchev–Trinajstić information content (AvgIpc) is 3.29. The lowest BCUT2D eigenvalue weighted by Gasteiger charge is -2.27. The minimum absolute atomic E-state index is 0.0203. The van der Waals surface area contributed by atoms with Gasteiger partial charge in [0.1, 0.15) is 12.6 Å². The van der Waals surface area contributed by atoms with Crippen LogP contribution < -0.4 is 5.32 Å². The fourth-order valence-corrected chi connectivity index (χ4v) is 3.71. The Morgan fingerprint density at radius 3 is 2.90 bits per heavy atom. The molecule has 2 saturated heterocycles. The topological polar surface area (TPSA) is 121 Å². The third-order valence-electron chi connectivity index (χ3n) is 5.15. The van der Waals surface area contributed by atoms with Gasteiger partial charge in [-0.15, -0.1) is 10.2 Å². The van der Waals surface area contributed by atoms with Gasteiger partial charge >= 0.3 is 12.1 Å². The lowest BCUT2D eigenvalue weighted by molar-refractivity contribution is -0.140. The quantitative estimate of drug-likeness (QED) is 0.651. The summed E-state index contributed by atoms with van der Waals surface area (Å²) in [6.07, 6.45) is 1.50. The van der Waals surface area contributed by atoms with E-state index in [0.717, 1.165) is 18.4 Å². The number of piperidine rings is 1. The molecule has 3 heterocycles. The standard InChI is InChI=1S/C19H23N5O5/c25-18(26)20-10-4-7-16-21-22-17(29-16)15-9-8-14-11-23(15)19(27)24(14)28-12-13-5-2-1-3-6-13/h1-3,5-6,14-15,20H,4,7-12H2,(H,25,26)/t14-,15+/m1/s1. The summed E-state index contributed by atoms with van der Waals surface area (Å²) in [4.78, 5) is 30.8. The molecule has 1 aromatic heterocycles. The third kappa shape index (κ3) is 4.32. The van der Waals surface area contributed by atoms with Crippen LogP contribution in [0.3, 0.4) is 0 Å². The van der Waals surface area contributed by atoms with E-state index in [1.54, 1.807) is 4.90 Å². The molecule has 2 fully saturated rings. The highest BCUT2D eigenvalue weighted by atomic mass is 16.7. The number of rotatable bonds is 8. The van der Waals surface area contributed by atoms with Gasteiger partial charge in [-0.2, -0.15) is 5.06 Å². The number of carbonyl (C=O) groups excluding carboxylic acids is 1. The van der Waals surface area contributed by atoms with Gasteiger partial charge in [-0.05, 0) is 24.8 Å². The zero-order valence-corrected chi connectivity index (χ0v) is 15.9. The van der Waals surface area contributed by atoms with Crippen LogP contribution in [0.25, 0.3) is 0 Å². The number of aryl methyl sites for hydroxylation is 1. The first-order valence-corrected chi connectivity index (χ1v) is 9.67. The number of amides is 3. The molecule has 1 aromatic carbocycles. The predicted molar refractivity (Wildman–Crippen MR) is 99.6 cm³/mol. The number of nitrogens with zero attached hydrogens (tertiary/aromatic N) is 4. The first kappa shape index (κ1) is 19.2. The number of hydrogen-bond donors (Lipinski definition) is 2. The normalized spacial score (nSPS) is 20.9. The number of benzene rings is 1. The average molecular weight is 401 g/mol. The van der Waals surface area contributed by atoms with E-state index < -0.39 is 6.09 Å². The monoisotopic (exact) mass is 401 g/mol. The van der Waals surface area contributed by atoms with E-state index >= 15 is 0 Å². The highest BCUT2D eigenvalue weighted by Crippen LogP contribution is 2.38. The molecule has 2 bridgehead atoms. The maximum absolute atomic E-state index is 12.8. The SMILES string of the molecule is O=C(O)NCCCc1nnc([C@@H]2CC[C@@H]3CN2C(=O)N3OCc2ccccc2)o1. The van der Waals surface area contributed by atoms with Crippen molar-refractivity contribution in [2.24, 2.45) is 0 Å². The molecule has 4 rings (SSSR count). The van der Waals surface area contributed by atoms with Crippen molar-refractivity contribution in [2.75, 3.05) is 13.1 Å². The molecule has 0 aliphatic carbocycles. The number of hydroxylamine groups is 2. The molecule has 2 N–H and O–H groups in total. The van der Waals surface area contributed by atoms with Crippen molar-refractivity contribution in [1.29, 1.82) is 0 Å². The zero-order chi connectivity index (χ0) is 20.2. The fraction of sp³-hybridized carbons (Fsp3) is 0.474. The van der Waals surface area contributed by atoms with Crippen molar-refractivity contribution in [1.82, 2.24) is 25.5 Å². The molecule has 10 nitrogen and oxygen atoms in total. The maximum atomic E-state index is 12.8. The number of aromatic nitrogens is 2. The Bertz CT molecular complexity index is 858. The van der Waals surface area contributed by atoms with Gasteiger partial charge in [0.15, 0.2) is 0 Å². The molecule has 0 unspecified atom stereocenters. The maximum Gasteiger partial charge on any atom is 0.404 e. The number of urea groups is 1. The van der Waals surface area contributed by atoms with Crippen molar-refractivity contribution in [3.8, 4) is 0 Å². The van der Waals surface area contributed by atoms with E-state index in [4.69, 9.17) is 14.4 Å². The molecular weight excluding hydrogens is 378 g/mol. The van der Waals surface area contributed by atoms with Gasteiger partial charge in [0.2, 0.25) is 11.8 Å². The number of hydrogen-bond acceptors (Lipinski definition) is 6. The highest BCUT2D eigenvalue weighted by Gasteiger charge is 2.47. The van der Waals surface area contributed by atoms with Crippen molar-refractivity contribution in [3.63, 3.8) is 0 Å². The smallest absolute Gasteiger partial charge is 0.404 e. The van der Waals surface area contributed by atoms with E-state index in [0.29, 0.717) is 44.3 Å². The van der Waals surface area contributed by atoms with Crippen LogP contribution in [0.15, 0.2) is 34.7 Å². The van der Waals surface area contributed by atoms with Gasteiger partial charge in [0, 0.05) is 19.5 Å². The number of carboxylic acid groups (broad SMARTS) is 1. The van der Waals surface area contributed by atoms with Gasteiger partial charge in [-0.25, -0.2) is 9.59 Å². The van der Waals surface area contributed by atoms with Crippen LogP contribution in [-0.2, 0) is 17.9 Å². The lowest BCUT2D eigenvalue weighted by atomic mass is 10.0. The van der Waals surface area contributed by atoms with Crippen LogP contribution in [0.4, 0.5) is 9.59 Å². The summed E-state index contributed by atoms with van der Waals surface area (Å²) < 4.78 is 5.74. The molecule has 2 aliphatic heterocycles. The van der Waals surface area contributed by atoms with E-state index in [1.165, 1.54) is 5.06 Å². The summed E-state index contributed by atoms with van der Waals surface area (Å²) in [5, 5.41) is 20.5. The largest absolute Gasteiger partial charge is 0.465 e. The number of nitrogens with one attached hydrogen (secondary N) is 1. The predicted octanol–water partition coefficient (Wildman–Crippen LogP) is 2.34. The molecule has 154 valence electrons. The molecule has 29 heavy (non-hydrogen) atoms. The molecular formula is C19H23N5O5. The first-order chi connectivity index (χ1) is 14.1. The minimum Gasteiger partial charge on any atom is -0.465 e. The van der Waals surface area contributed by atoms with Gasteiger partial charge in [-0.1, -0.05) is 30.3 Å². The van der Waals surface area contributed by atoms with Crippen molar-refractivity contribution in [3.05, 3.63) is 47.7 Å². The van der Waals surface area contributed by atoms with E-state index in [-0.39, 0.29) is 18.1 Å². The Kier molecular flexibility index (Phi) is 5.61. The van der Waals surface area contributed by atoms with Gasteiger partial charge < -0.3 is 19.7 Å². The Morgan fingerprint density at radius 1 is 1.28 bits per heavy atom. The molecule has 0 radical (unpaired) electrons. The molecule has 2 atom stereocenters. The van der Waals surface area contributed by atoms with E-state index in [1.807, 2.05) is 30.3 Å². The lowest BCUT2D eigenvalue weighted by Crippen LogP contribution is -2.34. The summed E-state index contributed by atoms with van der Waals surface area (Å²) in [5.41, 5.74) is 1.01.